The van der Waals surface area contributed by atoms with Crippen LogP contribution < -0.4 is 5.32 Å². The lowest BCUT2D eigenvalue weighted by atomic mass is 10.1. The number of carbonyl (C=O) groups excluding carboxylic acids is 2. The highest BCUT2D eigenvalue weighted by Crippen LogP contribution is 2.52. The molecule has 3 heterocycles. The summed E-state index contributed by atoms with van der Waals surface area (Å²) in [5.41, 5.74) is 0.525. The molecule has 206 valence electrons. The van der Waals surface area contributed by atoms with E-state index in [-0.39, 0.29) is 62.2 Å². The number of aliphatic imine (C=N–C) groups is 3. The average molecular weight is 548 g/mol. The monoisotopic (exact) mass is 547 g/mol. The first-order chi connectivity index (χ1) is 18.2. The van der Waals surface area contributed by atoms with Gasteiger partial charge in [0.05, 0.1) is 31.8 Å². The molecule has 0 saturated carbocycles. The zero-order valence-electron chi connectivity index (χ0n) is 21.8. The smallest absolute Gasteiger partial charge is 0.356 e. The Morgan fingerprint density at radius 1 is 1.16 bits per heavy atom. The third-order valence-electron chi connectivity index (χ3n) is 6.09. The predicted molar refractivity (Wildman–Crippen MR) is 141 cm³/mol. The second-order valence-electron chi connectivity index (χ2n) is 9.67. The van der Waals surface area contributed by atoms with Gasteiger partial charge in [-0.25, -0.2) is 9.98 Å². The zero-order valence-corrected chi connectivity index (χ0v) is 22.7. The number of hydrogen-bond acceptors (Lipinski definition) is 11. The minimum Gasteiger partial charge on any atom is -0.463 e. The Morgan fingerprint density at radius 3 is 2.61 bits per heavy atom. The second kappa shape index (κ2) is 12.8. The van der Waals surface area contributed by atoms with E-state index in [1.165, 1.54) is 6.34 Å². The third kappa shape index (κ3) is 7.57. The number of hydrogen-bond donors (Lipinski definition) is 1. The Kier molecular flexibility index (Phi) is 9.43. The van der Waals surface area contributed by atoms with Crippen LogP contribution in [-0.2, 0) is 27.9 Å². The number of ether oxygens (including phenoxy) is 2. The normalized spacial score (nSPS) is 27.1. The Balaban J connectivity index is 1.20. The van der Waals surface area contributed by atoms with Gasteiger partial charge < -0.3 is 28.7 Å². The summed E-state index contributed by atoms with van der Waals surface area (Å²) in [5, 5.41) is 2.83. The average Bonchev–Trinajstić information content (AvgIpc) is 3.31. The molecule has 3 aliphatic heterocycles. The molecule has 0 aliphatic carbocycles. The molecule has 4 rings (SSSR count). The maximum Gasteiger partial charge on any atom is 0.356 e. The van der Waals surface area contributed by atoms with Crippen molar-refractivity contribution in [3.63, 3.8) is 0 Å². The lowest BCUT2D eigenvalue weighted by Gasteiger charge is -2.31. The predicted octanol–water partition coefficient (Wildman–Crippen LogP) is 2.85. The quantitative estimate of drug-likeness (QED) is 0.348. The Morgan fingerprint density at radius 2 is 1.89 bits per heavy atom. The number of amidine groups is 1. The van der Waals surface area contributed by atoms with Gasteiger partial charge in [0.25, 0.3) is 5.91 Å². The number of nitrogens with one attached hydrogen (secondary N) is 1. The molecule has 3 aliphatic rings. The van der Waals surface area contributed by atoms with Crippen molar-refractivity contribution in [2.24, 2.45) is 20.9 Å². The van der Waals surface area contributed by atoms with Gasteiger partial charge in [-0.3, -0.25) is 19.1 Å². The molecule has 0 radical (unpaired) electrons. The van der Waals surface area contributed by atoms with Crippen LogP contribution in [0.1, 0.15) is 44.0 Å². The van der Waals surface area contributed by atoms with Gasteiger partial charge in [0.1, 0.15) is 24.6 Å². The van der Waals surface area contributed by atoms with Crippen LogP contribution >= 0.6 is 7.60 Å². The van der Waals surface area contributed by atoms with Gasteiger partial charge in [0, 0.05) is 24.4 Å². The minimum absolute atomic E-state index is 0.0330. The largest absolute Gasteiger partial charge is 0.463 e. The van der Waals surface area contributed by atoms with Gasteiger partial charge in [0.15, 0.2) is 6.17 Å². The van der Waals surface area contributed by atoms with Crippen molar-refractivity contribution in [1.29, 1.82) is 0 Å². The van der Waals surface area contributed by atoms with Crippen LogP contribution in [-0.4, -0.2) is 85.8 Å². The van der Waals surface area contributed by atoms with Crippen LogP contribution in [0, 0.1) is 5.92 Å². The third-order valence-corrected chi connectivity index (χ3v) is 7.64. The van der Waals surface area contributed by atoms with Gasteiger partial charge in [0.2, 0.25) is 0 Å². The first kappa shape index (κ1) is 28.1. The lowest BCUT2D eigenvalue weighted by Crippen LogP contribution is -2.49. The van der Waals surface area contributed by atoms with Gasteiger partial charge >= 0.3 is 13.6 Å². The fraction of sp³-hybridized carbons (Fsp3) is 0.560. The number of esters is 1. The first-order valence-electron chi connectivity index (χ1n) is 12.7. The highest BCUT2D eigenvalue weighted by Gasteiger charge is 2.38. The molecule has 1 saturated heterocycles. The van der Waals surface area contributed by atoms with Crippen molar-refractivity contribution < 1.29 is 32.7 Å². The van der Waals surface area contributed by atoms with Crippen LogP contribution in [0.5, 0.6) is 0 Å². The maximum atomic E-state index is 12.9. The number of fused-ring (bicyclic) bond motifs is 1. The molecule has 2 unspecified atom stereocenters. The first-order valence-corrected chi connectivity index (χ1v) is 14.4. The summed E-state index contributed by atoms with van der Waals surface area (Å²) in [6, 6.07) is 8.43. The van der Waals surface area contributed by atoms with Crippen molar-refractivity contribution in [1.82, 2.24) is 10.2 Å². The van der Waals surface area contributed by atoms with Crippen molar-refractivity contribution in [3.8, 4) is 0 Å². The minimum atomic E-state index is -3.39. The van der Waals surface area contributed by atoms with E-state index < -0.39 is 13.6 Å². The molecule has 0 bridgehead atoms. The lowest BCUT2D eigenvalue weighted by molar-refractivity contribution is -0.147. The van der Waals surface area contributed by atoms with E-state index in [4.69, 9.17) is 18.5 Å². The van der Waals surface area contributed by atoms with Gasteiger partial charge in [-0.1, -0.05) is 18.2 Å². The number of carbonyl (C=O) groups is 2. The molecule has 13 heteroatoms. The summed E-state index contributed by atoms with van der Waals surface area (Å²) < 4.78 is 34.9. The van der Waals surface area contributed by atoms with Gasteiger partial charge in [-0.2, -0.15) is 0 Å². The summed E-state index contributed by atoms with van der Waals surface area (Å²) in [6.45, 7) is 6.34. The van der Waals surface area contributed by atoms with Crippen LogP contribution in [0.3, 0.4) is 0 Å². The number of nitrogens with zero attached hydrogens (tertiary/aromatic N) is 4. The van der Waals surface area contributed by atoms with E-state index in [1.54, 1.807) is 44.5 Å². The van der Waals surface area contributed by atoms with Crippen LogP contribution in [0.2, 0.25) is 0 Å². The number of amides is 1. The van der Waals surface area contributed by atoms with Gasteiger partial charge in [-0.15, -0.1) is 0 Å². The molecule has 12 nitrogen and oxygen atoms in total. The Hall–Kier alpha value is -2.92. The highest BCUT2D eigenvalue weighted by molar-refractivity contribution is 7.53. The SMILES string of the molecule is CC(C)OC(=O)CCC1COP(=O)(CO[C@H](C)CN2C=NC3C(NC(=O)c4ccccc4)=NC=NC32)OC1. The fourth-order valence-electron chi connectivity index (χ4n) is 4.12. The molecular formula is C25H34N5O7P. The molecule has 1 N–H and O–H groups in total. The molecule has 1 fully saturated rings. The second-order valence-corrected chi connectivity index (χ2v) is 11.7. The van der Waals surface area contributed by atoms with E-state index >= 15 is 0 Å². The molecular weight excluding hydrogens is 513 g/mol. The van der Waals surface area contributed by atoms with E-state index in [2.05, 4.69) is 20.3 Å². The zero-order chi connectivity index (χ0) is 27.1. The molecule has 1 amide bonds. The number of rotatable bonds is 10. The van der Waals surface area contributed by atoms with E-state index in [9.17, 15) is 14.2 Å². The van der Waals surface area contributed by atoms with Crippen LogP contribution in [0.15, 0.2) is 45.3 Å². The van der Waals surface area contributed by atoms with Crippen molar-refractivity contribution >= 4 is 38.0 Å². The Labute approximate surface area is 222 Å². The summed E-state index contributed by atoms with van der Waals surface area (Å²) >= 11 is 0. The van der Waals surface area contributed by atoms with Crippen LogP contribution in [0.25, 0.3) is 0 Å². The fourth-order valence-corrected chi connectivity index (χ4v) is 5.66. The molecule has 3 atom stereocenters. The summed E-state index contributed by atoms with van der Waals surface area (Å²) in [4.78, 5) is 39.3. The summed E-state index contributed by atoms with van der Waals surface area (Å²) in [6.07, 6.45) is 2.83. The molecule has 1 aromatic rings. The van der Waals surface area contributed by atoms with E-state index in [0.29, 0.717) is 24.4 Å². The molecule has 0 aromatic heterocycles. The van der Waals surface area contributed by atoms with Crippen molar-refractivity contribution in [3.05, 3.63) is 35.9 Å². The summed E-state index contributed by atoms with van der Waals surface area (Å²) in [7, 11) is -3.39. The van der Waals surface area contributed by atoms with E-state index in [0.717, 1.165) is 0 Å². The van der Waals surface area contributed by atoms with Gasteiger partial charge in [-0.05, 0) is 39.3 Å². The maximum absolute atomic E-state index is 12.9. The molecule has 38 heavy (non-hydrogen) atoms. The summed E-state index contributed by atoms with van der Waals surface area (Å²) in [5.74, 6) is -0.141. The van der Waals surface area contributed by atoms with Crippen molar-refractivity contribution in [2.45, 2.75) is 58.0 Å². The highest BCUT2D eigenvalue weighted by atomic mass is 31.2. The van der Waals surface area contributed by atoms with Crippen molar-refractivity contribution in [2.75, 3.05) is 26.1 Å². The standard InChI is InChI=1S/C25H34N5O7P/c1-17(2)37-21(31)10-9-19-12-35-38(33,36-13-19)16-34-18(3)11-30-15-28-22-23(26-14-27-24(22)30)29-25(32)20-7-5-4-6-8-20/h4-8,14-15,17-19,22,24H,9-13,16H2,1-3H3,(H,26,27,29,32)/t18-,19?,22?,24?,38?/m1/s1. The topological polar surface area (TPSA) is 140 Å². The molecule has 1 aromatic carbocycles. The van der Waals surface area contributed by atoms with E-state index in [1.807, 2.05) is 17.9 Å². The molecule has 0 spiro atoms. The Bertz CT molecular complexity index is 1110. The number of benzene rings is 1. The van der Waals surface area contributed by atoms with Crippen LogP contribution in [0.4, 0.5) is 0 Å².